The van der Waals surface area contributed by atoms with Gasteiger partial charge in [0.1, 0.15) is 30.0 Å². The number of methoxy groups -OCH3 is 1. The number of carbonyl (C=O) groups excluding carboxylic acids is 2. The standard InChI is InChI=1S/C41H77N3O14/c1-14-30-41(9,52)35(48)26(5)43(11)21-23(2)19-39(7,51)31(58-38-34(47)28(17-24(3)54-38)44(12)32(46)22-42(10)15-16-45)18-29(25(4)37(50)57-30)56-33-20-40(8,53-13)36(49)27(6)55-33/h23-31,33-36,38,45,47-49,51-52H,14-22H2,1-13H3/t23-,24-,25-,26-,27+,28?,29+,30-,31?,33+,34-,35-,36+,38+,39-,40-,41-/m1/s1. The highest BCUT2D eigenvalue weighted by Crippen LogP contribution is 2.38. The molecule has 3 aliphatic heterocycles. The molecule has 17 heteroatoms. The Bertz CT molecular complexity index is 1310. The molecule has 2 unspecified atom stereocenters. The van der Waals surface area contributed by atoms with Crippen molar-refractivity contribution in [1.29, 1.82) is 0 Å². The summed E-state index contributed by atoms with van der Waals surface area (Å²) in [6.07, 6.45) is -9.83. The number of hydrogen-bond acceptors (Lipinski definition) is 16. The third kappa shape index (κ3) is 12.3. The number of rotatable bonds is 11. The van der Waals surface area contributed by atoms with Crippen LogP contribution in [0.25, 0.3) is 0 Å². The first-order chi connectivity index (χ1) is 26.8. The number of nitrogens with zero attached hydrogens (tertiary/aromatic N) is 3. The smallest absolute Gasteiger partial charge is 0.311 e. The Hall–Kier alpha value is -1.58. The number of likely N-dealkylation sites (N-methyl/N-ethyl adjacent to an activating group) is 3. The molecule has 0 aromatic carbocycles. The average Bonchev–Trinajstić information content (AvgIpc) is 3.14. The maximum Gasteiger partial charge on any atom is 0.311 e. The van der Waals surface area contributed by atoms with E-state index in [1.54, 1.807) is 67.5 Å². The fourth-order valence-electron chi connectivity index (χ4n) is 8.79. The second-order valence-electron chi connectivity index (χ2n) is 18.2. The SMILES string of the molecule is CC[C@H]1OC(=O)[C@H](C)[C@@H](O[C@H]2C[C@@](C)(OC)[C@@H](O)[C@H](C)O2)CC(O[C@@H]2O[C@H](C)CC(N(C)C(=O)CN(C)CCO)[C@H]2O)[C@](C)(O)C[C@@H](C)CN(C)[C@H](C)[C@@H](O)[C@]1(C)O. The van der Waals surface area contributed by atoms with E-state index >= 15 is 0 Å². The van der Waals surface area contributed by atoms with Gasteiger partial charge >= 0.3 is 5.97 Å². The fraction of sp³-hybridized carbons (Fsp3) is 0.951. The highest BCUT2D eigenvalue weighted by Gasteiger charge is 2.51. The van der Waals surface area contributed by atoms with Crippen molar-refractivity contribution in [1.82, 2.24) is 14.7 Å². The van der Waals surface area contributed by atoms with Crippen molar-refractivity contribution in [3.63, 3.8) is 0 Å². The molecule has 17 nitrogen and oxygen atoms in total. The van der Waals surface area contributed by atoms with Crippen LogP contribution >= 0.6 is 0 Å². The van der Waals surface area contributed by atoms with Gasteiger partial charge in [0.05, 0.1) is 60.7 Å². The van der Waals surface area contributed by atoms with Crippen LogP contribution in [0.5, 0.6) is 0 Å². The Morgan fingerprint density at radius 2 is 1.60 bits per heavy atom. The number of esters is 1. The summed E-state index contributed by atoms with van der Waals surface area (Å²) in [6.45, 7) is 16.0. The number of cyclic esters (lactones) is 1. The van der Waals surface area contributed by atoms with E-state index in [1.165, 1.54) is 18.9 Å². The van der Waals surface area contributed by atoms with Gasteiger partial charge in [-0.2, -0.15) is 0 Å². The minimum atomic E-state index is -1.84. The van der Waals surface area contributed by atoms with E-state index < -0.39 is 102 Å². The Labute approximate surface area is 345 Å². The van der Waals surface area contributed by atoms with E-state index in [9.17, 15) is 40.2 Å². The number of aliphatic hydroxyl groups excluding tert-OH is 4. The van der Waals surface area contributed by atoms with Crippen LogP contribution in [0.3, 0.4) is 0 Å². The average molecular weight is 836 g/mol. The quantitative estimate of drug-likeness (QED) is 0.156. The summed E-state index contributed by atoms with van der Waals surface area (Å²) in [5.41, 5.74) is -4.54. The van der Waals surface area contributed by atoms with E-state index in [0.29, 0.717) is 19.5 Å². The summed E-state index contributed by atoms with van der Waals surface area (Å²) in [5.74, 6) is -2.28. The van der Waals surface area contributed by atoms with E-state index in [2.05, 4.69) is 0 Å². The van der Waals surface area contributed by atoms with Gasteiger partial charge in [-0.1, -0.05) is 13.8 Å². The zero-order valence-corrected chi connectivity index (χ0v) is 37.2. The van der Waals surface area contributed by atoms with Crippen molar-refractivity contribution >= 4 is 11.9 Å². The molecule has 1 amide bonds. The van der Waals surface area contributed by atoms with Gasteiger partial charge in [0.15, 0.2) is 12.6 Å². The van der Waals surface area contributed by atoms with Crippen LogP contribution in [0.2, 0.25) is 0 Å². The summed E-state index contributed by atoms with van der Waals surface area (Å²) in [6, 6.07) is -1.30. The van der Waals surface area contributed by atoms with Gasteiger partial charge in [0.2, 0.25) is 5.91 Å². The minimum Gasteiger partial charge on any atom is -0.459 e. The van der Waals surface area contributed by atoms with Gasteiger partial charge in [-0.3, -0.25) is 14.5 Å². The Morgan fingerprint density at radius 3 is 2.19 bits per heavy atom. The van der Waals surface area contributed by atoms with Crippen LogP contribution in [0.15, 0.2) is 0 Å². The predicted molar refractivity (Wildman–Crippen MR) is 213 cm³/mol. The van der Waals surface area contributed by atoms with Crippen LogP contribution in [0.4, 0.5) is 0 Å². The van der Waals surface area contributed by atoms with E-state index in [-0.39, 0.29) is 50.7 Å². The summed E-state index contributed by atoms with van der Waals surface area (Å²) >= 11 is 0. The monoisotopic (exact) mass is 836 g/mol. The van der Waals surface area contributed by atoms with Crippen LogP contribution < -0.4 is 0 Å². The summed E-state index contributed by atoms with van der Waals surface area (Å²) < 4.78 is 37.3. The van der Waals surface area contributed by atoms with Crippen molar-refractivity contribution in [2.45, 2.75) is 185 Å². The number of aliphatic hydroxyl groups is 6. The second-order valence-corrected chi connectivity index (χ2v) is 18.2. The number of carbonyl (C=O) groups is 2. The van der Waals surface area contributed by atoms with Crippen molar-refractivity contribution < 1.29 is 68.6 Å². The molecule has 3 rings (SSSR count). The zero-order valence-electron chi connectivity index (χ0n) is 37.2. The van der Waals surface area contributed by atoms with Crippen molar-refractivity contribution in [2.75, 3.05) is 54.5 Å². The molecular weight excluding hydrogens is 758 g/mol. The van der Waals surface area contributed by atoms with Gasteiger partial charge in [-0.05, 0) is 87.7 Å². The lowest BCUT2D eigenvalue weighted by Gasteiger charge is -2.47. The third-order valence-corrected chi connectivity index (χ3v) is 13.0. The Kier molecular flexibility index (Phi) is 18.4. The lowest BCUT2D eigenvalue weighted by molar-refractivity contribution is -0.307. The third-order valence-electron chi connectivity index (χ3n) is 13.0. The van der Waals surface area contributed by atoms with E-state index in [4.69, 9.17) is 28.4 Å². The molecule has 0 aliphatic carbocycles. The number of ether oxygens (including phenoxy) is 6. The van der Waals surface area contributed by atoms with Crippen LogP contribution in [-0.4, -0.2) is 202 Å². The zero-order chi connectivity index (χ0) is 44.1. The molecule has 3 aliphatic rings. The van der Waals surface area contributed by atoms with Crippen LogP contribution in [0.1, 0.15) is 94.4 Å². The minimum absolute atomic E-state index is 0.0166. The summed E-state index contributed by atoms with van der Waals surface area (Å²) in [7, 11) is 6.61. The first-order valence-electron chi connectivity index (χ1n) is 20.9. The fourth-order valence-corrected chi connectivity index (χ4v) is 8.79. The molecule has 58 heavy (non-hydrogen) atoms. The largest absolute Gasteiger partial charge is 0.459 e. The molecule has 3 heterocycles. The van der Waals surface area contributed by atoms with Gasteiger partial charge < -0.3 is 68.9 Å². The molecule has 0 radical (unpaired) electrons. The lowest BCUT2D eigenvalue weighted by Crippen LogP contribution is -2.60. The Balaban J connectivity index is 2.11. The maximum absolute atomic E-state index is 14.2. The molecule has 17 atom stereocenters. The van der Waals surface area contributed by atoms with Gasteiger partial charge in [-0.15, -0.1) is 0 Å². The first kappa shape index (κ1) is 50.8. The predicted octanol–water partition coefficient (Wildman–Crippen LogP) is 0.476. The molecule has 0 aromatic rings. The lowest BCUT2D eigenvalue weighted by atomic mass is 9.83. The van der Waals surface area contributed by atoms with E-state index in [0.717, 1.165) is 0 Å². The molecule has 0 bridgehead atoms. The number of amides is 1. The molecular formula is C41H77N3O14. The molecule has 0 aromatic heterocycles. The van der Waals surface area contributed by atoms with Crippen molar-refractivity contribution in [2.24, 2.45) is 11.8 Å². The molecule has 3 fully saturated rings. The first-order valence-corrected chi connectivity index (χ1v) is 20.9. The molecule has 3 saturated heterocycles. The molecule has 0 saturated carbocycles. The highest BCUT2D eigenvalue weighted by molar-refractivity contribution is 5.78. The maximum atomic E-state index is 14.2. The summed E-state index contributed by atoms with van der Waals surface area (Å²) in [4.78, 5) is 32.5. The topological polar surface area (TPSA) is 221 Å². The van der Waals surface area contributed by atoms with Gasteiger partial charge in [0, 0.05) is 46.1 Å². The normalized spacial score (nSPS) is 44.3. The molecule has 0 spiro atoms. The summed E-state index contributed by atoms with van der Waals surface area (Å²) in [5, 5.41) is 67.8. The van der Waals surface area contributed by atoms with Crippen molar-refractivity contribution in [3.8, 4) is 0 Å². The van der Waals surface area contributed by atoms with Crippen LogP contribution in [0, 0.1) is 11.8 Å². The molecule has 340 valence electrons. The van der Waals surface area contributed by atoms with Gasteiger partial charge in [0.25, 0.3) is 0 Å². The van der Waals surface area contributed by atoms with Gasteiger partial charge in [-0.25, -0.2) is 0 Å². The number of hydrogen-bond donors (Lipinski definition) is 6. The van der Waals surface area contributed by atoms with Crippen molar-refractivity contribution in [3.05, 3.63) is 0 Å². The second kappa shape index (κ2) is 21.0. The van der Waals surface area contributed by atoms with E-state index in [1.807, 2.05) is 18.9 Å². The molecule has 6 N–H and O–H groups in total. The highest BCUT2D eigenvalue weighted by atomic mass is 16.7. The Morgan fingerprint density at radius 1 is 0.966 bits per heavy atom. The van der Waals surface area contributed by atoms with Crippen LogP contribution in [-0.2, 0) is 38.0 Å².